The highest BCUT2D eigenvalue weighted by Gasteiger charge is 2.36. The number of fused-ring (bicyclic) bond motifs is 2. The van der Waals surface area contributed by atoms with Gasteiger partial charge in [-0.3, -0.25) is 14.5 Å². The Bertz CT molecular complexity index is 1070. The molecule has 0 saturated heterocycles. The second-order valence-corrected chi connectivity index (χ2v) is 5.78. The number of imidazole rings is 1. The highest BCUT2D eigenvalue weighted by Crippen LogP contribution is 2.25. The molecule has 2 amide bonds. The second kappa shape index (κ2) is 5.86. The smallest absolute Gasteiger partial charge is 0.261 e. The summed E-state index contributed by atoms with van der Waals surface area (Å²) < 4.78 is 0. The van der Waals surface area contributed by atoms with Crippen molar-refractivity contribution in [3.63, 3.8) is 0 Å². The van der Waals surface area contributed by atoms with E-state index >= 15 is 0 Å². The average Bonchev–Trinajstić information content (AvgIpc) is 3.18. The largest absolute Gasteiger partial charge is 0.509 e. The fourth-order valence-corrected chi connectivity index (χ4v) is 2.94. The number of H-pyrrole nitrogens is 1. The van der Waals surface area contributed by atoms with Gasteiger partial charge in [0.05, 0.1) is 28.7 Å². The van der Waals surface area contributed by atoms with Crippen LogP contribution in [0.2, 0.25) is 0 Å². The van der Waals surface area contributed by atoms with E-state index < -0.39 is 24.1 Å². The zero-order valence-corrected chi connectivity index (χ0v) is 13.4. The minimum atomic E-state index is -0.501. The maximum atomic E-state index is 12.4. The van der Waals surface area contributed by atoms with Gasteiger partial charge in [0, 0.05) is 0 Å². The SMILES string of the molecule is N#CC(=C(O)CN1C(=O)c2ccccc2C1=O)c1nc2ccccc2[nH]1. The molecule has 0 unspecified atom stereocenters. The molecule has 2 N–H and O–H groups in total. The van der Waals surface area contributed by atoms with E-state index in [1.165, 1.54) is 0 Å². The van der Waals surface area contributed by atoms with E-state index in [2.05, 4.69) is 9.97 Å². The molecule has 0 aliphatic carbocycles. The minimum absolute atomic E-state index is 0.113. The molecular weight excluding hydrogens is 332 g/mol. The van der Waals surface area contributed by atoms with Crippen molar-refractivity contribution < 1.29 is 14.7 Å². The number of hydrogen-bond donors (Lipinski definition) is 2. The highest BCUT2D eigenvalue weighted by atomic mass is 16.3. The molecule has 0 radical (unpaired) electrons. The maximum absolute atomic E-state index is 12.4. The van der Waals surface area contributed by atoms with Crippen LogP contribution in [0.5, 0.6) is 0 Å². The maximum Gasteiger partial charge on any atom is 0.261 e. The van der Waals surface area contributed by atoms with E-state index in [1.54, 1.807) is 42.5 Å². The molecule has 3 aromatic rings. The van der Waals surface area contributed by atoms with Crippen molar-refractivity contribution in [2.24, 2.45) is 0 Å². The molecule has 26 heavy (non-hydrogen) atoms. The normalized spacial score (nSPS) is 14.3. The summed E-state index contributed by atoms with van der Waals surface area (Å²) in [5.41, 5.74) is 1.81. The van der Waals surface area contributed by atoms with Crippen LogP contribution in [-0.2, 0) is 0 Å². The Balaban J connectivity index is 1.70. The van der Waals surface area contributed by atoms with Crippen molar-refractivity contribution in [2.45, 2.75) is 0 Å². The number of benzene rings is 2. The average molecular weight is 344 g/mol. The van der Waals surface area contributed by atoms with E-state index in [0.29, 0.717) is 11.0 Å². The molecule has 7 nitrogen and oxygen atoms in total. The summed E-state index contributed by atoms with van der Waals surface area (Å²) in [6.45, 7) is -0.397. The monoisotopic (exact) mass is 344 g/mol. The van der Waals surface area contributed by atoms with E-state index in [0.717, 1.165) is 4.90 Å². The zero-order valence-electron chi connectivity index (χ0n) is 13.4. The highest BCUT2D eigenvalue weighted by molar-refractivity contribution is 6.21. The van der Waals surface area contributed by atoms with Gasteiger partial charge in [0.15, 0.2) is 5.82 Å². The number of amides is 2. The molecule has 126 valence electrons. The molecule has 0 bridgehead atoms. The third-order valence-electron chi connectivity index (χ3n) is 4.21. The zero-order chi connectivity index (χ0) is 18.3. The molecule has 1 aliphatic heterocycles. The molecule has 0 spiro atoms. The Hall–Kier alpha value is -3.92. The van der Waals surface area contributed by atoms with Crippen LogP contribution < -0.4 is 0 Å². The Morgan fingerprint density at radius 2 is 1.69 bits per heavy atom. The first-order chi connectivity index (χ1) is 12.6. The van der Waals surface area contributed by atoms with E-state index in [-0.39, 0.29) is 22.5 Å². The van der Waals surface area contributed by atoms with Crippen LogP contribution in [0.25, 0.3) is 16.6 Å². The van der Waals surface area contributed by atoms with Gasteiger partial charge < -0.3 is 10.1 Å². The van der Waals surface area contributed by atoms with Gasteiger partial charge in [-0.05, 0) is 24.3 Å². The summed E-state index contributed by atoms with van der Waals surface area (Å²) in [6, 6.07) is 15.5. The van der Waals surface area contributed by atoms with Crippen LogP contribution in [0, 0.1) is 11.3 Å². The van der Waals surface area contributed by atoms with Crippen molar-refractivity contribution in [3.05, 3.63) is 71.2 Å². The van der Waals surface area contributed by atoms with Crippen LogP contribution in [0.1, 0.15) is 26.5 Å². The summed E-state index contributed by atoms with van der Waals surface area (Å²) in [4.78, 5) is 32.9. The quantitative estimate of drug-likeness (QED) is 0.431. The first-order valence-electron chi connectivity index (χ1n) is 7.82. The second-order valence-electron chi connectivity index (χ2n) is 5.78. The van der Waals surface area contributed by atoms with Crippen LogP contribution >= 0.6 is 0 Å². The number of hydrogen-bond acceptors (Lipinski definition) is 5. The van der Waals surface area contributed by atoms with Gasteiger partial charge in [0.25, 0.3) is 11.8 Å². The van der Waals surface area contributed by atoms with Gasteiger partial charge in [0.2, 0.25) is 0 Å². The number of aromatic amines is 1. The van der Waals surface area contributed by atoms with Gasteiger partial charge in [-0.2, -0.15) is 5.26 Å². The van der Waals surface area contributed by atoms with Gasteiger partial charge in [0.1, 0.15) is 17.4 Å². The van der Waals surface area contributed by atoms with Crippen LogP contribution in [0.3, 0.4) is 0 Å². The van der Waals surface area contributed by atoms with Gasteiger partial charge in [-0.25, -0.2) is 4.98 Å². The van der Waals surface area contributed by atoms with Crippen LogP contribution in [-0.4, -0.2) is 38.3 Å². The lowest BCUT2D eigenvalue weighted by Gasteiger charge is -2.13. The van der Waals surface area contributed by atoms with Crippen LogP contribution in [0.15, 0.2) is 54.3 Å². The lowest BCUT2D eigenvalue weighted by molar-refractivity contribution is 0.0652. The lowest BCUT2D eigenvalue weighted by atomic mass is 10.1. The molecular formula is C19H12N4O3. The Morgan fingerprint density at radius 3 is 2.31 bits per heavy atom. The predicted octanol–water partition coefficient (Wildman–Crippen LogP) is 2.65. The summed E-state index contributed by atoms with van der Waals surface area (Å²) in [5.74, 6) is -1.22. The molecule has 2 heterocycles. The molecule has 0 fully saturated rings. The molecule has 0 saturated carbocycles. The summed E-state index contributed by atoms with van der Waals surface area (Å²) in [6.07, 6.45) is 0. The van der Waals surface area contributed by atoms with E-state index in [1.807, 2.05) is 12.1 Å². The number of nitrogens with one attached hydrogen (secondary N) is 1. The van der Waals surface area contributed by atoms with Crippen LogP contribution in [0.4, 0.5) is 0 Å². The summed E-state index contributed by atoms with van der Waals surface area (Å²) in [7, 11) is 0. The van der Waals surface area contributed by atoms with Gasteiger partial charge in [-0.15, -0.1) is 0 Å². The summed E-state index contributed by atoms with van der Waals surface area (Å²) in [5, 5.41) is 19.9. The minimum Gasteiger partial charge on any atom is -0.509 e. The Morgan fingerprint density at radius 1 is 1.08 bits per heavy atom. The molecule has 1 aromatic heterocycles. The lowest BCUT2D eigenvalue weighted by Crippen LogP contribution is -2.32. The summed E-state index contributed by atoms with van der Waals surface area (Å²) >= 11 is 0. The van der Waals surface area contributed by atoms with Crippen molar-refractivity contribution in [1.29, 1.82) is 5.26 Å². The topological polar surface area (TPSA) is 110 Å². The number of carbonyl (C=O) groups is 2. The number of aromatic nitrogens is 2. The van der Waals surface area contributed by atoms with E-state index in [4.69, 9.17) is 0 Å². The number of aliphatic hydroxyl groups excluding tert-OH is 1. The van der Waals surface area contributed by atoms with Crippen molar-refractivity contribution >= 4 is 28.4 Å². The number of nitrogens with zero attached hydrogens (tertiary/aromatic N) is 3. The fraction of sp³-hybridized carbons (Fsp3) is 0.0526. The number of carbonyl (C=O) groups excluding carboxylic acids is 2. The number of para-hydroxylation sites is 2. The standard InChI is InChI=1S/C19H12N4O3/c20-9-13(17-21-14-7-3-4-8-15(14)22-17)16(24)10-23-18(25)11-5-1-2-6-12(11)19(23)26/h1-8,24H,10H2,(H,21,22). The van der Waals surface area contributed by atoms with E-state index in [9.17, 15) is 20.0 Å². The van der Waals surface area contributed by atoms with Crippen molar-refractivity contribution in [3.8, 4) is 6.07 Å². The first kappa shape index (κ1) is 15.6. The number of rotatable bonds is 3. The first-order valence-corrected chi connectivity index (χ1v) is 7.82. The van der Waals surface area contributed by atoms with Crippen molar-refractivity contribution in [2.75, 3.05) is 6.54 Å². The Kier molecular flexibility index (Phi) is 3.52. The third kappa shape index (κ3) is 2.32. The number of aliphatic hydroxyl groups is 1. The van der Waals surface area contributed by atoms with Gasteiger partial charge in [-0.1, -0.05) is 24.3 Å². The number of allylic oxidation sites excluding steroid dienone is 1. The fourth-order valence-electron chi connectivity index (χ4n) is 2.94. The molecule has 4 rings (SSSR count). The van der Waals surface area contributed by atoms with Crippen molar-refractivity contribution in [1.82, 2.24) is 14.9 Å². The molecule has 7 heteroatoms. The third-order valence-corrected chi connectivity index (χ3v) is 4.21. The molecule has 0 atom stereocenters. The Labute approximate surface area is 147 Å². The predicted molar refractivity (Wildman–Crippen MR) is 93.1 cm³/mol. The number of nitriles is 1. The molecule has 1 aliphatic rings. The molecule has 2 aromatic carbocycles. The van der Waals surface area contributed by atoms with Gasteiger partial charge >= 0.3 is 0 Å². The number of imide groups is 1.